The lowest BCUT2D eigenvalue weighted by Crippen LogP contribution is -2.12. The van der Waals surface area contributed by atoms with Crippen LogP contribution in [0.5, 0.6) is 0 Å². The molecular formula is C14H11ClN2O3. The van der Waals surface area contributed by atoms with Crippen molar-refractivity contribution in [3.63, 3.8) is 0 Å². The highest BCUT2D eigenvalue weighted by Gasteiger charge is 2.08. The van der Waals surface area contributed by atoms with E-state index >= 15 is 0 Å². The molecule has 0 bridgehead atoms. The molecule has 2 aromatic rings. The predicted molar refractivity (Wildman–Crippen MR) is 76.9 cm³/mol. The Bertz CT molecular complexity index is 677. The Kier molecular flexibility index (Phi) is 4.22. The van der Waals surface area contributed by atoms with E-state index in [1.54, 1.807) is 24.3 Å². The van der Waals surface area contributed by atoms with Gasteiger partial charge in [0.15, 0.2) is 0 Å². The summed E-state index contributed by atoms with van der Waals surface area (Å²) in [5, 5.41) is 11.7. The number of benzene rings is 1. The standard InChI is InChI=1S/C14H11ClN2O3/c15-10-7-12(16-8-10)14(20)17-11-3-1-2-9(6-11)4-5-13(18)19/h1-8,16H,(H,17,20)(H,18,19). The van der Waals surface area contributed by atoms with Crippen LogP contribution in [0.15, 0.2) is 42.6 Å². The molecule has 3 N–H and O–H groups in total. The van der Waals surface area contributed by atoms with E-state index in [4.69, 9.17) is 16.7 Å². The Morgan fingerprint density at radius 1 is 1.30 bits per heavy atom. The number of hydrogen-bond donors (Lipinski definition) is 3. The van der Waals surface area contributed by atoms with Crippen molar-refractivity contribution >= 4 is 35.2 Å². The first-order chi connectivity index (χ1) is 9.54. The number of amides is 1. The summed E-state index contributed by atoms with van der Waals surface area (Å²) in [7, 11) is 0. The molecule has 0 aliphatic carbocycles. The molecule has 5 nitrogen and oxygen atoms in total. The summed E-state index contributed by atoms with van der Waals surface area (Å²) in [6, 6.07) is 8.35. The van der Waals surface area contributed by atoms with Crippen molar-refractivity contribution in [2.75, 3.05) is 5.32 Å². The Morgan fingerprint density at radius 3 is 2.75 bits per heavy atom. The maximum Gasteiger partial charge on any atom is 0.328 e. The third kappa shape index (κ3) is 3.73. The minimum Gasteiger partial charge on any atom is -0.478 e. The van der Waals surface area contributed by atoms with E-state index in [2.05, 4.69) is 10.3 Å². The maximum absolute atomic E-state index is 11.9. The zero-order valence-electron chi connectivity index (χ0n) is 10.3. The number of nitrogens with one attached hydrogen (secondary N) is 2. The first kappa shape index (κ1) is 13.9. The van der Waals surface area contributed by atoms with Gasteiger partial charge in [0.1, 0.15) is 5.69 Å². The van der Waals surface area contributed by atoms with Crippen LogP contribution in [-0.2, 0) is 4.79 Å². The molecule has 1 aromatic heterocycles. The third-order valence-corrected chi connectivity index (χ3v) is 2.67. The molecular weight excluding hydrogens is 280 g/mol. The van der Waals surface area contributed by atoms with E-state index in [0.717, 1.165) is 6.08 Å². The van der Waals surface area contributed by atoms with Crippen LogP contribution >= 0.6 is 11.6 Å². The van der Waals surface area contributed by atoms with Crippen LogP contribution in [0.1, 0.15) is 16.1 Å². The number of anilines is 1. The van der Waals surface area contributed by atoms with E-state index in [1.807, 2.05) is 0 Å². The van der Waals surface area contributed by atoms with Crippen LogP contribution in [0.3, 0.4) is 0 Å². The predicted octanol–water partition coefficient (Wildman–Crippen LogP) is 3.02. The number of rotatable bonds is 4. The largest absolute Gasteiger partial charge is 0.478 e. The maximum atomic E-state index is 11.9. The van der Waals surface area contributed by atoms with Crippen LogP contribution in [-0.4, -0.2) is 22.0 Å². The molecule has 2 rings (SSSR count). The first-order valence-electron chi connectivity index (χ1n) is 5.71. The van der Waals surface area contributed by atoms with Crippen molar-refractivity contribution in [1.82, 2.24) is 4.98 Å². The van der Waals surface area contributed by atoms with Gasteiger partial charge < -0.3 is 15.4 Å². The second-order valence-electron chi connectivity index (χ2n) is 3.98. The van der Waals surface area contributed by atoms with Gasteiger partial charge in [0.05, 0.1) is 5.02 Å². The van der Waals surface area contributed by atoms with E-state index in [0.29, 0.717) is 22.0 Å². The number of aliphatic carboxylic acids is 1. The molecule has 0 aliphatic heterocycles. The summed E-state index contributed by atoms with van der Waals surface area (Å²) in [5.74, 6) is -1.35. The van der Waals surface area contributed by atoms with Gasteiger partial charge in [-0.25, -0.2) is 4.79 Å². The van der Waals surface area contributed by atoms with Gasteiger partial charge in [-0.2, -0.15) is 0 Å². The molecule has 0 aliphatic rings. The molecule has 6 heteroatoms. The molecule has 0 radical (unpaired) electrons. The number of H-pyrrole nitrogens is 1. The van der Waals surface area contributed by atoms with Crippen LogP contribution in [0.2, 0.25) is 5.02 Å². The number of halogens is 1. The summed E-state index contributed by atoms with van der Waals surface area (Å²) in [4.78, 5) is 25.1. The van der Waals surface area contributed by atoms with Gasteiger partial charge >= 0.3 is 5.97 Å². The molecule has 1 aromatic carbocycles. The zero-order chi connectivity index (χ0) is 14.5. The van der Waals surface area contributed by atoms with Gasteiger partial charge in [-0.15, -0.1) is 0 Å². The zero-order valence-corrected chi connectivity index (χ0v) is 11.0. The van der Waals surface area contributed by atoms with E-state index in [1.165, 1.54) is 18.3 Å². The topological polar surface area (TPSA) is 82.2 Å². The van der Waals surface area contributed by atoms with Crippen molar-refractivity contribution in [2.45, 2.75) is 0 Å². The molecule has 0 saturated carbocycles. The number of aromatic nitrogens is 1. The van der Waals surface area contributed by atoms with E-state index in [9.17, 15) is 9.59 Å². The number of carboxylic acid groups (broad SMARTS) is 1. The molecule has 0 fully saturated rings. The summed E-state index contributed by atoms with van der Waals surface area (Å²) < 4.78 is 0. The van der Waals surface area contributed by atoms with Crippen LogP contribution < -0.4 is 5.32 Å². The molecule has 0 atom stereocenters. The van der Waals surface area contributed by atoms with Crippen molar-refractivity contribution < 1.29 is 14.7 Å². The third-order valence-electron chi connectivity index (χ3n) is 2.46. The second-order valence-corrected chi connectivity index (χ2v) is 4.42. The van der Waals surface area contributed by atoms with Gasteiger partial charge in [0, 0.05) is 18.0 Å². The minimum atomic E-state index is -1.03. The minimum absolute atomic E-state index is 0.323. The molecule has 0 spiro atoms. The van der Waals surface area contributed by atoms with Crippen molar-refractivity contribution in [1.29, 1.82) is 0 Å². The first-order valence-corrected chi connectivity index (χ1v) is 6.09. The molecule has 1 heterocycles. The fourth-order valence-electron chi connectivity index (χ4n) is 1.59. The molecule has 0 unspecified atom stereocenters. The Balaban J connectivity index is 2.11. The molecule has 1 amide bonds. The SMILES string of the molecule is O=C(O)C=Cc1cccc(NC(=O)c2cc(Cl)c[nH]2)c1. The van der Waals surface area contributed by atoms with Crippen molar-refractivity contribution in [3.8, 4) is 0 Å². The summed E-state index contributed by atoms with van der Waals surface area (Å²) in [5.41, 5.74) is 1.59. The Hall–Kier alpha value is -2.53. The monoisotopic (exact) mass is 290 g/mol. The van der Waals surface area contributed by atoms with Crippen molar-refractivity contribution in [3.05, 3.63) is 58.9 Å². The average Bonchev–Trinajstić information content (AvgIpc) is 2.84. The lowest BCUT2D eigenvalue weighted by Gasteiger charge is -2.04. The van der Waals surface area contributed by atoms with Crippen LogP contribution in [0, 0.1) is 0 Å². The Morgan fingerprint density at radius 2 is 2.10 bits per heavy atom. The van der Waals surface area contributed by atoms with Gasteiger partial charge in [-0.05, 0) is 29.8 Å². The fourth-order valence-corrected chi connectivity index (χ4v) is 1.75. The highest BCUT2D eigenvalue weighted by Crippen LogP contribution is 2.15. The van der Waals surface area contributed by atoms with Crippen molar-refractivity contribution in [2.24, 2.45) is 0 Å². The highest BCUT2D eigenvalue weighted by atomic mass is 35.5. The highest BCUT2D eigenvalue weighted by molar-refractivity contribution is 6.31. The van der Waals surface area contributed by atoms with Crippen LogP contribution in [0.25, 0.3) is 6.08 Å². The van der Waals surface area contributed by atoms with Gasteiger partial charge in [0.25, 0.3) is 5.91 Å². The number of carbonyl (C=O) groups excluding carboxylic acids is 1. The number of carbonyl (C=O) groups is 2. The van der Waals surface area contributed by atoms with Gasteiger partial charge in [-0.3, -0.25) is 4.79 Å². The summed E-state index contributed by atoms with van der Waals surface area (Å²) in [6.07, 6.45) is 4.00. The van der Waals surface area contributed by atoms with E-state index < -0.39 is 5.97 Å². The molecule has 0 saturated heterocycles. The smallest absolute Gasteiger partial charge is 0.328 e. The molecule has 20 heavy (non-hydrogen) atoms. The lowest BCUT2D eigenvalue weighted by molar-refractivity contribution is -0.131. The summed E-state index contributed by atoms with van der Waals surface area (Å²) >= 11 is 5.73. The quantitative estimate of drug-likeness (QED) is 0.757. The average molecular weight is 291 g/mol. The van der Waals surface area contributed by atoms with Gasteiger partial charge in [-0.1, -0.05) is 23.7 Å². The Labute approximate surface area is 119 Å². The number of carboxylic acids is 1. The van der Waals surface area contributed by atoms with Crippen LogP contribution in [0.4, 0.5) is 5.69 Å². The fraction of sp³-hybridized carbons (Fsp3) is 0. The normalized spacial score (nSPS) is 10.7. The van der Waals surface area contributed by atoms with Gasteiger partial charge in [0.2, 0.25) is 0 Å². The summed E-state index contributed by atoms with van der Waals surface area (Å²) in [6.45, 7) is 0. The second kappa shape index (κ2) is 6.08. The number of hydrogen-bond acceptors (Lipinski definition) is 2. The number of aromatic amines is 1. The molecule has 102 valence electrons. The van der Waals surface area contributed by atoms with E-state index in [-0.39, 0.29) is 5.91 Å². The lowest BCUT2D eigenvalue weighted by atomic mass is 10.2.